The molecule has 152 valence electrons. The molecule has 0 spiro atoms. The summed E-state index contributed by atoms with van der Waals surface area (Å²) in [6.45, 7) is 6.86. The van der Waals surface area contributed by atoms with E-state index in [-0.39, 0.29) is 0 Å². The second-order valence-electron chi connectivity index (χ2n) is 7.47. The van der Waals surface area contributed by atoms with E-state index in [1.165, 1.54) is 4.88 Å². The van der Waals surface area contributed by atoms with Crippen molar-refractivity contribution in [2.45, 2.75) is 38.5 Å². The molecule has 1 atom stereocenters. The summed E-state index contributed by atoms with van der Waals surface area (Å²) in [7, 11) is 0. The van der Waals surface area contributed by atoms with Crippen molar-refractivity contribution in [2.75, 3.05) is 32.8 Å². The third-order valence-corrected chi connectivity index (χ3v) is 6.38. The maximum atomic E-state index is 5.94. The normalized spacial score (nSPS) is 22.5. The largest absolute Gasteiger partial charge is 0.469 e. The Labute approximate surface area is 170 Å². The van der Waals surface area contributed by atoms with E-state index in [0.29, 0.717) is 25.7 Å². The quantitative estimate of drug-likeness (QED) is 0.591. The van der Waals surface area contributed by atoms with Crippen molar-refractivity contribution in [3.63, 3.8) is 0 Å². The lowest BCUT2D eigenvalue weighted by atomic mass is 9.90. The number of furan rings is 1. The van der Waals surface area contributed by atoms with Gasteiger partial charge in [0, 0.05) is 36.9 Å². The van der Waals surface area contributed by atoms with Gasteiger partial charge >= 0.3 is 0 Å². The summed E-state index contributed by atoms with van der Waals surface area (Å²) in [6, 6.07) is 8.15. The molecule has 2 fully saturated rings. The zero-order chi connectivity index (χ0) is 19.2. The number of piperidine rings is 1. The molecule has 2 aliphatic rings. The van der Waals surface area contributed by atoms with Crippen LogP contribution < -0.4 is 5.32 Å². The van der Waals surface area contributed by atoms with E-state index in [2.05, 4.69) is 34.7 Å². The summed E-state index contributed by atoms with van der Waals surface area (Å²) in [5.41, 5.74) is 0. The highest BCUT2D eigenvalue weighted by Crippen LogP contribution is 2.34. The van der Waals surface area contributed by atoms with Gasteiger partial charge in [-0.2, -0.15) is 0 Å². The topological polar surface area (TPSA) is 59.2 Å². The smallest absolute Gasteiger partial charge is 0.194 e. The summed E-state index contributed by atoms with van der Waals surface area (Å²) < 4.78 is 17.3. The molecule has 1 N–H and O–H groups in total. The number of likely N-dealkylation sites (tertiary alicyclic amines) is 1. The van der Waals surface area contributed by atoms with Crippen LogP contribution in [-0.2, 0) is 22.4 Å². The van der Waals surface area contributed by atoms with E-state index in [4.69, 9.17) is 18.9 Å². The summed E-state index contributed by atoms with van der Waals surface area (Å²) >= 11 is 1.75. The number of hydrogen-bond donors (Lipinski definition) is 1. The average Bonchev–Trinajstić information content (AvgIpc) is 3.48. The average molecular weight is 404 g/mol. The highest BCUT2D eigenvalue weighted by atomic mass is 32.1. The standard InChI is InChI=1S/C21H29N3O3S/c1-21(26-12-13-27-21)17-5-2-10-24(16-17)20(23-15-19-7-4-14-28-19)22-9-8-18-6-3-11-25-18/h3-4,6-7,11,14,17H,2,5,8-10,12-13,15-16H2,1H3,(H,22,23). The third kappa shape index (κ3) is 4.77. The Morgan fingerprint density at radius 2 is 2.21 bits per heavy atom. The van der Waals surface area contributed by atoms with Crippen LogP contribution in [0.25, 0.3) is 0 Å². The SMILES string of the molecule is CC1(C2CCCN(C(=NCc3cccs3)NCCc3ccco3)C2)OCCO1. The minimum atomic E-state index is -0.467. The second kappa shape index (κ2) is 9.11. The molecule has 1 unspecified atom stereocenters. The number of hydrogen-bond acceptors (Lipinski definition) is 5. The number of rotatable bonds is 6. The molecule has 7 heteroatoms. The van der Waals surface area contributed by atoms with Gasteiger partial charge in [-0.3, -0.25) is 0 Å². The molecule has 0 aromatic carbocycles. The first-order valence-electron chi connectivity index (χ1n) is 10.1. The van der Waals surface area contributed by atoms with E-state index in [9.17, 15) is 0 Å². The Bertz CT molecular complexity index is 739. The molecule has 2 aliphatic heterocycles. The van der Waals surface area contributed by atoms with Crippen LogP contribution in [0.3, 0.4) is 0 Å². The number of nitrogens with one attached hydrogen (secondary N) is 1. The Morgan fingerprint density at radius 3 is 2.96 bits per heavy atom. The minimum Gasteiger partial charge on any atom is -0.469 e. The first-order chi connectivity index (χ1) is 13.7. The minimum absolute atomic E-state index is 0.350. The molecule has 0 bridgehead atoms. The van der Waals surface area contributed by atoms with Crippen LogP contribution in [0.1, 0.15) is 30.4 Å². The fraction of sp³-hybridized carbons (Fsp3) is 0.571. The van der Waals surface area contributed by atoms with Crippen LogP contribution in [0.5, 0.6) is 0 Å². The van der Waals surface area contributed by atoms with Crippen molar-refractivity contribution in [2.24, 2.45) is 10.9 Å². The van der Waals surface area contributed by atoms with Gasteiger partial charge in [0.15, 0.2) is 11.7 Å². The molecule has 2 aromatic rings. The number of thiophene rings is 1. The van der Waals surface area contributed by atoms with Gasteiger partial charge in [-0.05, 0) is 43.3 Å². The van der Waals surface area contributed by atoms with Gasteiger partial charge in [-0.15, -0.1) is 11.3 Å². The maximum absolute atomic E-state index is 5.94. The van der Waals surface area contributed by atoms with Crippen LogP contribution >= 0.6 is 11.3 Å². The van der Waals surface area contributed by atoms with Gasteiger partial charge in [0.2, 0.25) is 0 Å². The van der Waals surface area contributed by atoms with E-state index < -0.39 is 5.79 Å². The van der Waals surface area contributed by atoms with Gasteiger partial charge in [0.05, 0.1) is 26.0 Å². The lowest BCUT2D eigenvalue weighted by Gasteiger charge is -2.41. The zero-order valence-electron chi connectivity index (χ0n) is 16.4. The molecule has 0 aliphatic carbocycles. The first kappa shape index (κ1) is 19.5. The fourth-order valence-corrected chi connectivity index (χ4v) is 4.57. The Kier molecular flexibility index (Phi) is 6.34. The molecule has 0 radical (unpaired) electrons. The van der Waals surface area contributed by atoms with Gasteiger partial charge in [-0.25, -0.2) is 4.99 Å². The second-order valence-corrected chi connectivity index (χ2v) is 8.51. The van der Waals surface area contributed by atoms with Crippen molar-refractivity contribution in [1.29, 1.82) is 0 Å². The monoisotopic (exact) mass is 403 g/mol. The first-order valence-corrected chi connectivity index (χ1v) is 11.0. The van der Waals surface area contributed by atoms with Gasteiger partial charge < -0.3 is 24.1 Å². The van der Waals surface area contributed by atoms with Gasteiger partial charge in [-0.1, -0.05) is 6.07 Å². The molecular formula is C21H29N3O3S. The molecule has 6 nitrogen and oxygen atoms in total. The lowest BCUT2D eigenvalue weighted by molar-refractivity contribution is -0.189. The molecular weight excluding hydrogens is 374 g/mol. The summed E-state index contributed by atoms with van der Waals surface area (Å²) in [5.74, 6) is 1.84. The van der Waals surface area contributed by atoms with Crippen LogP contribution in [0.4, 0.5) is 0 Å². The predicted octanol–water partition coefficient (Wildman–Crippen LogP) is 3.50. The number of aliphatic imine (C=N–C) groups is 1. The van der Waals surface area contributed by atoms with Crippen LogP contribution in [0, 0.1) is 5.92 Å². The Morgan fingerprint density at radius 1 is 1.32 bits per heavy atom. The highest BCUT2D eigenvalue weighted by Gasteiger charge is 2.42. The van der Waals surface area contributed by atoms with Crippen molar-refractivity contribution >= 4 is 17.3 Å². The zero-order valence-corrected chi connectivity index (χ0v) is 17.2. The van der Waals surface area contributed by atoms with Crippen molar-refractivity contribution in [1.82, 2.24) is 10.2 Å². The molecule has 4 rings (SSSR count). The summed E-state index contributed by atoms with van der Waals surface area (Å²) in [4.78, 5) is 8.56. The van der Waals surface area contributed by atoms with Crippen molar-refractivity contribution in [3.8, 4) is 0 Å². The van der Waals surface area contributed by atoms with Crippen LogP contribution in [-0.4, -0.2) is 49.5 Å². The molecule has 0 amide bonds. The fourth-order valence-electron chi connectivity index (χ4n) is 3.94. The molecule has 28 heavy (non-hydrogen) atoms. The Hall–Kier alpha value is -1.83. The van der Waals surface area contributed by atoms with Crippen molar-refractivity contribution < 1.29 is 13.9 Å². The summed E-state index contributed by atoms with van der Waals surface area (Å²) in [5, 5.41) is 5.65. The number of ether oxygens (including phenoxy) is 2. The van der Waals surface area contributed by atoms with Crippen LogP contribution in [0.2, 0.25) is 0 Å². The number of guanidine groups is 1. The van der Waals surface area contributed by atoms with Crippen LogP contribution in [0.15, 0.2) is 45.3 Å². The maximum Gasteiger partial charge on any atom is 0.194 e. The van der Waals surface area contributed by atoms with E-state index in [0.717, 1.165) is 50.6 Å². The van der Waals surface area contributed by atoms with Crippen molar-refractivity contribution in [3.05, 3.63) is 46.5 Å². The molecule has 0 saturated carbocycles. The van der Waals surface area contributed by atoms with Gasteiger partial charge in [0.1, 0.15) is 5.76 Å². The lowest BCUT2D eigenvalue weighted by Crippen LogP contribution is -2.52. The highest BCUT2D eigenvalue weighted by molar-refractivity contribution is 7.09. The van der Waals surface area contributed by atoms with E-state index in [1.54, 1.807) is 17.6 Å². The van der Waals surface area contributed by atoms with E-state index >= 15 is 0 Å². The molecule has 2 saturated heterocycles. The van der Waals surface area contributed by atoms with Gasteiger partial charge in [0.25, 0.3) is 0 Å². The third-order valence-electron chi connectivity index (χ3n) is 5.52. The summed E-state index contributed by atoms with van der Waals surface area (Å²) in [6.07, 6.45) is 4.80. The van der Waals surface area contributed by atoms with E-state index in [1.807, 2.05) is 12.1 Å². The number of nitrogens with zero attached hydrogens (tertiary/aromatic N) is 2. The Balaban J connectivity index is 1.42. The predicted molar refractivity (Wildman–Crippen MR) is 110 cm³/mol. The molecule has 4 heterocycles. The molecule has 2 aromatic heterocycles.